The molecule has 21 heavy (non-hydrogen) atoms. The minimum atomic E-state index is -0.438. The summed E-state index contributed by atoms with van der Waals surface area (Å²) in [5.41, 5.74) is -0.438. The second-order valence-electron chi connectivity index (χ2n) is 7.31. The van der Waals surface area contributed by atoms with Gasteiger partial charge in [-0.3, -0.25) is 0 Å². The minimum absolute atomic E-state index is 0.438. The van der Waals surface area contributed by atoms with Gasteiger partial charge in [0.15, 0.2) is 0 Å². The zero-order valence-corrected chi connectivity index (χ0v) is 13.4. The molecule has 0 amide bonds. The first-order valence-electron chi connectivity index (χ1n) is 8.88. The summed E-state index contributed by atoms with van der Waals surface area (Å²) >= 11 is 0. The molecule has 2 unspecified atom stereocenters. The molecule has 2 aliphatic rings. The molecule has 0 radical (unpaired) electrons. The molecular weight excluding hydrogens is 260 g/mol. The molecule has 1 heterocycles. The number of nitrogens with zero attached hydrogens (tertiary/aromatic N) is 2. The number of aliphatic hydroxyl groups is 1. The predicted molar refractivity (Wildman–Crippen MR) is 85.0 cm³/mol. The quantitative estimate of drug-likeness (QED) is 0.914. The van der Waals surface area contributed by atoms with E-state index in [-0.39, 0.29) is 0 Å². The molecule has 0 aliphatic heterocycles. The summed E-state index contributed by atoms with van der Waals surface area (Å²) in [4.78, 5) is 4.42. The Kier molecular flexibility index (Phi) is 4.68. The second kappa shape index (κ2) is 6.51. The Morgan fingerprint density at radius 1 is 1.19 bits per heavy atom. The highest BCUT2D eigenvalue weighted by Gasteiger charge is 2.42. The van der Waals surface area contributed by atoms with E-state index in [9.17, 15) is 5.11 Å². The fourth-order valence-electron chi connectivity index (χ4n) is 4.74. The lowest BCUT2D eigenvalue weighted by atomic mass is 9.64. The van der Waals surface area contributed by atoms with Gasteiger partial charge in [-0.05, 0) is 31.1 Å². The monoisotopic (exact) mass is 290 g/mol. The lowest BCUT2D eigenvalue weighted by molar-refractivity contribution is -0.0829. The first kappa shape index (κ1) is 15.1. The number of aryl methyl sites for hydroxylation is 2. The summed E-state index contributed by atoms with van der Waals surface area (Å²) < 4.78 is 2.09. The minimum Gasteiger partial charge on any atom is -0.390 e. The van der Waals surface area contributed by atoms with Crippen LogP contribution in [0.1, 0.15) is 70.0 Å². The maximum atomic E-state index is 11.3. The van der Waals surface area contributed by atoms with Crippen LogP contribution in [-0.2, 0) is 13.5 Å². The van der Waals surface area contributed by atoms with Crippen molar-refractivity contribution in [2.24, 2.45) is 18.9 Å². The van der Waals surface area contributed by atoms with Crippen LogP contribution in [0.15, 0.2) is 12.4 Å². The molecule has 1 aromatic rings. The average Bonchev–Trinajstić information content (AvgIpc) is 2.92. The fraction of sp³-hybridized carbons (Fsp3) is 0.833. The van der Waals surface area contributed by atoms with Crippen LogP contribution in [0.5, 0.6) is 0 Å². The summed E-state index contributed by atoms with van der Waals surface area (Å²) in [7, 11) is 2.05. The van der Waals surface area contributed by atoms with Crippen molar-refractivity contribution >= 4 is 0 Å². The Bertz CT molecular complexity index is 450. The van der Waals surface area contributed by atoms with E-state index in [0.717, 1.165) is 31.0 Å². The highest BCUT2D eigenvalue weighted by Crippen LogP contribution is 2.45. The molecule has 0 saturated heterocycles. The van der Waals surface area contributed by atoms with Crippen molar-refractivity contribution in [2.45, 2.75) is 76.2 Å². The SMILES string of the molecule is Cn1ccnc1CCC1(O)CCCCC1C1CCCCC1. The van der Waals surface area contributed by atoms with E-state index in [0.29, 0.717) is 5.92 Å². The first-order valence-corrected chi connectivity index (χ1v) is 8.88. The fourth-order valence-corrected chi connectivity index (χ4v) is 4.74. The van der Waals surface area contributed by atoms with Gasteiger partial charge in [0.25, 0.3) is 0 Å². The van der Waals surface area contributed by atoms with Gasteiger partial charge in [0, 0.05) is 25.9 Å². The van der Waals surface area contributed by atoms with Gasteiger partial charge in [-0.2, -0.15) is 0 Å². The summed E-state index contributed by atoms with van der Waals surface area (Å²) in [6.07, 6.45) is 17.2. The van der Waals surface area contributed by atoms with E-state index in [2.05, 4.69) is 9.55 Å². The largest absolute Gasteiger partial charge is 0.390 e. The average molecular weight is 290 g/mol. The third-order valence-corrected chi connectivity index (χ3v) is 5.99. The van der Waals surface area contributed by atoms with Crippen LogP contribution in [0.4, 0.5) is 0 Å². The number of aromatic nitrogens is 2. The summed E-state index contributed by atoms with van der Waals surface area (Å²) in [6, 6.07) is 0. The number of hydrogen-bond acceptors (Lipinski definition) is 2. The standard InChI is InChI=1S/C18H30N2O/c1-20-14-13-19-17(20)10-12-18(21)11-6-5-9-16(18)15-7-3-2-4-8-15/h13-16,21H,2-12H2,1H3. The van der Waals surface area contributed by atoms with Gasteiger partial charge in [0.05, 0.1) is 5.60 Å². The van der Waals surface area contributed by atoms with Gasteiger partial charge in [-0.1, -0.05) is 44.9 Å². The Hall–Kier alpha value is -0.830. The van der Waals surface area contributed by atoms with Gasteiger partial charge >= 0.3 is 0 Å². The molecule has 0 spiro atoms. The van der Waals surface area contributed by atoms with Crippen molar-refractivity contribution in [1.82, 2.24) is 9.55 Å². The van der Waals surface area contributed by atoms with E-state index in [4.69, 9.17) is 0 Å². The molecule has 2 saturated carbocycles. The molecular formula is C18H30N2O. The highest BCUT2D eigenvalue weighted by atomic mass is 16.3. The third kappa shape index (κ3) is 3.33. The lowest BCUT2D eigenvalue weighted by Gasteiger charge is -2.45. The highest BCUT2D eigenvalue weighted by molar-refractivity contribution is 4.98. The molecule has 2 aliphatic carbocycles. The van der Waals surface area contributed by atoms with Crippen LogP contribution in [-0.4, -0.2) is 20.3 Å². The smallest absolute Gasteiger partial charge is 0.108 e. The van der Waals surface area contributed by atoms with Crippen LogP contribution >= 0.6 is 0 Å². The molecule has 0 aromatic carbocycles. The molecule has 3 rings (SSSR count). The van der Waals surface area contributed by atoms with Crippen molar-refractivity contribution in [1.29, 1.82) is 0 Å². The van der Waals surface area contributed by atoms with Gasteiger partial charge < -0.3 is 9.67 Å². The molecule has 2 fully saturated rings. The molecule has 2 atom stereocenters. The molecule has 1 aromatic heterocycles. The van der Waals surface area contributed by atoms with Crippen molar-refractivity contribution in [3.8, 4) is 0 Å². The zero-order chi connectivity index (χ0) is 14.7. The first-order chi connectivity index (χ1) is 10.2. The summed E-state index contributed by atoms with van der Waals surface area (Å²) in [5.74, 6) is 2.41. The summed E-state index contributed by atoms with van der Waals surface area (Å²) in [6.45, 7) is 0. The van der Waals surface area contributed by atoms with Gasteiger partial charge in [0.2, 0.25) is 0 Å². The van der Waals surface area contributed by atoms with Crippen molar-refractivity contribution in [3.63, 3.8) is 0 Å². The number of hydrogen-bond donors (Lipinski definition) is 1. The Labute approximate surface area is 128 Å². The normalized spacial score (nSPS) is 31.4. The van der Waals surface area contributed by atoms with Crippen LogP contribution < -0.4 is 0 Å². The Balaban J connectivity index is 1.67. The van der Waals surface area contributed by atoms with E-state index < -0.39 is 5.60 Å². The van der Waals surface area contributed by atoms with E-state index in [1.54, 1.807) is 0 Å². The van der Waals surface area contributed by atoms with Crippen LogP contribution in [0, 0.1) is 11.8 Å². The molecule has 3 nitrogen and oxygen atoms in total. The summed E-state index contributed by atoms with van der Waals surface area (Å²) in [5, 5.41) is 11.3. The predicted octanol–water partition coefficient (Wildman–Crippen LogP) is 3.85. The van der Waals surface area contributed by atoms with Crippen molar-refractivity contribution in [2.75, 3.05) is 0 Å². The van der Waals surface area contributed by atoms with Crippen molar-refractivity contribution < 1.29 is 5.11 Å². The lowest BCUT2D eigenvalue weighted by Crippen LogP contribution is -2.45. The van der Waals surface area contributed by atoms with E-state index in [1.807, 2.05) is 19.4 Å². The Morgan fingerprint density at radius 2 is 1.95 bits per heavy atom. The van der Waals surface area contributed by atoms with Crippen molar-refractivity contribution in [3.05, 3.63) is 18.2 Å². The zero-order valence-electron chi connectivity index (χ0n) is 13.4. The number of rotatable bonds is 4. The topological polar surface area (TPSA) is 38.0 Å². The van der Waals surface area contributed by atoms with E-state index >= 15 is 0 Å². The van der Waals surface area contributed by atoms with Gasteiger partial charge in [0.1, 0.15) is 5.82 Å². The third-order valence-electron chi connectivity index (χ3n) is 5.99. The maximum absolute atomic E-state index is 11.3. The number of imidazole rings is 1. The van der Waals surface area contributed by atoms with Crippen LogP contribution in [0.3, 0.4) is 0 Å². The van der Waals surface area contributed by atoms with Crippen LogP contribution in [0.25, 0.3) is 0 Å². The van der Waals surface area contributed by atoms with E-state index in [1.165, 1.54) is 51.4 Å². The molecule has 1 N–H and O–H groups in total. The molecule has 118 valence electrons. The van der Waals surface area contributed by atoms with Gasteiger partial charge in [-0.15, -0.1) is 0 Å². The Morgan fingerprint density at radius 3 is 2.67 bits per heavy atom. The maximum Gasteiger partial charge on any atom is 0.108 e. The molecule has 0 bridgehead atoms. The van der Waals surface area contributed by atoms with Gasteiger partial charge in [-0.25, -0.2) is 4.98 Å². The van der Waals surface area contributed by atoms with Crippen LogP contribution in [0.2, 0.25) is 0 Å². The second-order valence-corrected chi connectivity index (χ2v) is 7.31. The molecule has 3 heteroatoms.